The zero-order chi connectivity index (χ0) is 13.4. The minimum Gasteiger partial charge on any atom is -0.368 e. The lowest BCUT2D eigenvalue weighted by atomic mass is 9.85. The second-order valence-corrected chi connectivity index (χ2v) is 7.25. The quantitative estimate of drug-likeness (QED) is 0.880. The molecule has 2 atom stereocenters. The summed E-state index contributed by atoms with van der Waals surface area (Å²) in [4.78, 5) is 13.2. The Labute approximate surface area is 113 Å². The highest BCUT2D eigenvalue weighted by Gasteiger charge is 2.52. The molecular formula is C14H22N2OS. The van der Waals surface area contributed by atoms with Gasteiger partial charge in [0.15, 0.2) is 0 Å². The molecule has 0 aromatic carbocycles. The fourth-order valence-corrected chi connectivity index (χ4v) is 3.96. The maximum absolute atomic E-state index is 11.9. The van der Waals surface area contributed by atoms with Gasteiger partial charge in [-0.05, 0) is 35.6 Å². The van der Waals surface area contributed by atoms with Gasteiger partial charge in [-0.2, -0.15) is 0 Å². The molecule has 18 heavy (non-hydrogen) atoms. The number of primary amides is 1. The van der Waals surface area contributed by atoms with Crippen molar-refractivity contribution < 1.29 is 4.79 Å². The van der Waals surface area contributed by atoms with Crippen LogP contribution in [0.15, 0.2) is 17.5 Å². The second-order valence-electron chi connectivity index (χ2n) is 6.21. The van der Waals surface area contributed by atoms with Crippen molar-refractivity contribution in [2.45, 2.75) is 45.7 Å². The normalized spacial score (nSPS) is 30.5. The molecule has 0 spiro atoms. The first-order valence-corrected chi connectivity index (χ1v) is 7.31. The van der Waals surface area contributed by atoms with Crippen LogP contribution in [-0.2, 0) is 11.3 Å². The van der Waals surface area contributed by atoms with E-state index in [1.54, 1.807) is 11.3 Å². The molecule has 1 heterocycles. The Morgan fingerprint density at radius 2 is 2.33 bits per heavy atom. The number of nitrogens with one attached hydrogen (secondary N) is 1. The maximum Gasteiger partial charge on any atom is 0.238 e. The number of thiophene rings is 1. The van der Waals surface area contributed by atoms with Crippen LogP contribution in [0.1, 0.15) is 38.5 Å². The Morgan fingerprint density at radius 1 is 1.61 bits per heavy atom. The van der Waals surface area contributed by atoms with Crippen molar-refractivity contribution >= 4 is 17.2 Å². The molecule has 1 saturated carbocycles. The minimum atomic E-state index is -0.548. The van der Waals surface area contributed by atoms with Crippen LogP contribution in [0, 0.1) is 11.3 Å². The molecule has 100 valence electrons. The topological polar surface area (TPSA) is 55.1 Å². The van der Waals surface area contributed by atoms with Crippen molar-refractivity contribution in [2.75, 3.05) is 0 Å². The third-order valence-corrected chi connectivity index (χ3v) is 4.93. The summed E-state index contributed by atoms with van der Waals surface area (Å²) in [6.07, 6.45) is 1.86. The van der Waals surface area contributed by atoms with E-state index in [4.69, 9.17) is 5.73 Å². The van der Waals surface area contributed by atoms with E-state index in [1.165, 1.54) is 4.88 Å². The standard InChI is InChI=1S/C14H22N2OS/c1-10-7-13(2,3)9-14(10,12(15)17)16-8-11-5-4-6-18-11/h4-6,10,16H,7-9H2,1-3H3,(H2,15,17). The van der Waals surface area contributed by atoms with Crippen LogP contribution in [0.5, 0.6) is 0 Å². The van der Waals surface area contributed by atoms with Gasteiger partial charge in [-0.15, -0.1) is 11.3 Å². The molecule has 1 fully saturated rings. The first-order chi connectivity index (χ1) is 8.36. The smallest absolute Gasteiger partial charge is 0.238 e. The molecule has 1 amide bonds. The number of rotatable bonds is 4. The summed E-state index contributed by atoms with van der Waals surface area (Å²) in [7, 11) is 0. The van der Waals surface area contributed by atoms with Gasteiger partial charge in [0.05, 0.1) is 0 Å². The average Bonchev–Trinajstić information content (AvgIpc) is 2.82. The van der Waals surface area contributed by atoms with Crippen molar-refractivity contribution in [3.05, 3.63) is 22.4 Å². The third kappa shape index (κ3) is 2.45. The Balaban J connectivity index is 2.15. The van der Waals surface area contributed by atoms with Gasteiger partial charge in [0.25, 0.3) is 0 Å². The molecule has 3 nitrogen and oxygen atoms in total. The van der Waals surface area contributed by atoms with Crippen molar-refractivity contribution in [1.29, 1.82) is 0 Å². The number of amides is 1. The van der Waals surface area contributed by atoms with Crippen LogP contribution >= 0.6 is 11.3 Å². The van der Waals surface area contributed by atoms with Gasteiger partial charge >= 0.3 is 0 Å². The number of hydrogen-bond donors (Lipinski definition) is 2. The molecule has 1 aliphatic carbocycles. The van der Waals surface area contributed by atoms with Crippen molar-refractivity contribution in [3.8, 4) is 0 Å². The zero-order valence-corrected chi connectivity index (χ0v) is 12.1. The highest BCUT2D eigenvalue weighted by molar-refractivity contribution is 7.09. The zero-order valence-electron chi connectivity index (χ0n) is 11.3. The predicted molar refractivity (Wildman–Crippen MR) is 75.3 cm³/mol. The fraction of sp³-hybridized carbons (Fsp3) is 0.643. The van der Waals surface area contributed by atoms with Gasteiger partial charge < -0.3 is 5.73 Å². The molecule has 1 aromatic rings. The maximum atomic E-state index is 11.9. The highest BCUT2D eigenvalue weighted by Crippen LogP contribution is 2.47. The molecule has 2 unspecified atom stereocenters. The van der Waals surface area contributed by atoms with E-state index in [9.17, 15) is 4.79 Å². The van der Waals surface area contributed by atoms with E-state index in [1.807, 2.05) is 6.07 Å². The Kier molecular flexibility index (Phi) is 3.52. The lowest BCUT2D eigenvalue weighted by molar-refractivity contribution is -0.126. The monoisotopic (exact) mass is 266 g/mol. The predicted octanol–water partition coefficient (Wildman–Crippen LogP) is 2.52. The molecule has 1 aromatic heterocycles. The summed E-state index contributed by atoms with van der Waals surface area (Å²) in [6.45, 7) is 7.27. The SMILES string of the molecule is CC1CC(C)(C)CC1(NCc1cccs1)C(N)=O. The minimum absolute atomic E-state index is 0.177. The van der Waals surface area contributed by atoms with Crippen molar-refractivity contribution in [3.63, 3.8) is 0 Å². The Morgan fingerprint density at radius 3 is 2.78 bits per heavy atom. The molecule has 4 heteroatoms. The van der Waals surface area contributed by atoms with E-state index in [-0.39, 0.29) is 17.2 Å². The summed E-state index contributed by atoms with van der Waals surface area (Å²) in [5.41, 5.74) is 5.32. The lowest BCUT2D eigenvalue weighted by Gasteiger charge is -2.32. The van der Waals surface area contributed by atoms with Crippen LogP contribution in [0.2, 0.25) is 0 Å². The number of carbonyl (C=O) groups is 1. The van der Waals surface area contributed by atoms with Gasteiger partial charge in [-0.25, -0.2) is 0 Å². The molecule has 0 bridgehead atoms. The van der Waals surface area contributed by atoms with Crippen molar-refractivity contribution in [2.24, 2.45) is 17.1 Å². The first kappa shape index (κ1) is 13.6. The highest BCUT2D eigenvalue weighted by atomic mass is 32.1. The molecule has 2 rings (SSSR count). The van der Waals surface area contributed by atoms with Gasteiger partial charge in [-0.1, -0.05) is 26.8 Å². The van der Waals surface area contributed by atoms with Crippen LogP contribution < -0.4 is 11.1 Å². The molecular weight excluding hydrogens is 244 g/mol. The van der Waals surface area contributed by atoms with Crippen molar-refractivity contribution in [1.82, 2.24) is 5.32 Å². The second kappa shape index (κ2) is 4.67. The summed E-state index contributed by atoms with van der Waals surface area (Å²) in [5.74, 6) is 0.0714. The third-order valence-electron chi connectivity index (χ3n) is 4.06. The van der Waals surface area contributed by atoms with E-state index in [2.05, 4.69) is 37.5 Å². The van der Waals surface area contributed by atoms with Gasteiger partial charge in [0.1, 0.15) is 5.54 Å². The largest absolute Gasteiger partial charge is 0.368 e. The number of carbonyl (C=O) groups excluding carboxylic acids is 1. The van der Waals surface area contributed by atoms with E-state index in [0.29, 0.717) is 0 Å². The van der Waals surface area contributed by atoms with E-state index >= 15 is 0 Å². The van der Waals surface area contributed by atoms with Crippen LogP contribution in [0.25, 0.3) is 0 Å². The van der Waals surface area contributed by atoms with Crippen LogP contribution in [0.3, 0.4) is 0 Å². The summed E-state index contributed by atoms with van der Waals surface area (Å²) in [6, 6.07) is 4.11. The van der Waals surface area contributed by atoms with Crippen LogP contribution in [0.4, 0.5) is 0 Å². The fourth-order valence-electron chi connectivity index (χ4n) is 3.32. The summed E-state index contributed by atoms with van der Waals surface area (Å²) >= 11 is 1.70. The lowest BCUT2D eigenvalue weighted by Crippen LogP contribution is -2.57. The van der Waals surface area contributed by atoms with E-state index < -0.39 is 5.54 Å². The van der Waals surface area contributed by atoms with E-state index in [0.717, 1.165) is 19.4 Å². The van der Waals surface area contributed by atoms with Gasteiger partial charge in [0, 0.05) is 11.4 Å². The molecule has 0 aliphatic heterocycles. The summed E-state index contributed by atoms with van der Waals surface area (Å²) < 4.78 is 0. The summed E-state index contributed by atoms with van der Waals surface area (Å²) in [5, 5.41) is 5.49. The molecule has 1 aliphatic rings. The Hall–Kier alpha value is -0.870. The Bertz CT molecular complexity index is 427. The molecule has 0 saturated heterocycles. The number of nitrogens with two attached hydrogens (primary N) is 1. The van der Waals surface area contributed by atoms with Gasteiger partial charge in [0.2, 0.25) is 5.91 Å². The molecule has 3 N–H and O–H groups in total. The number of hydrogen-bond acceptors (Lipinski definition) is 3. The molecule has 0 radical (unpaired) electrons. The van der Waals surface area contributed by atoms with Gasteiger partial charge in [-0.3, -0.25) is 10.1 Å². The first-order valence-electron chi connectivity index (χ1n) is 6.43. The van der Waals surface area contributed by atoms with Crippen LogP contribution in [-0.4, -0.2) is 11.4 Å². The average molecular weight is 266 g/mol.